The third-order valence-corrected chi connectivity index (χ3v) is 3.90. The van der Waals surface area contributed by atoms with Gasteiger partial charge >= 0.3 is 5.97 Å². The standard InChI is InChI=1S/C16H12O4S/c1-19-13-8-10(4-5-12(13)17)7-11-9-14(20-16(11)18)15-3-2-6-21-15/h2-9,17H,1H3/b11-7+. The number of phenols is 1. The molecule has 1 aromatic carbocycles. The van der Waals surface area contributed by atoms with Crippen molar-refractivity contribution in [3.05, 3.63) is 57.8 Å². The van der Waals surface area contributed by atoms with E-state index in [-0.39, 0.29) is 11.7 Å². The van der Waals surface area contributed by atoms with Crippen molar-refractivity contribution < 1.29 is 19.4 Å². The van der Waals surface area contributed by atoms with E-state index in [0.29, 0.717) is 17.1 Å². The Morgan fingerprint density at radius 2 is 2.19 bits per heavy atom. The third kappa shape index (κ3) is 2.68. The third-order valence-electron chi connectivity index (χ3n) is 3.01. The molecule has 1 aromatic heterocycles. The summed E-state index contributed by atoms with van der Waals surface area (Å²) in [5.74, 6) is 0.596. The molecule has 0 atom stereocenters. The number of carbonyl (C=O) groups is 1. The first-order chi connectivity index (χ1) is 10.2. The summed E-state index contributed by atoms with van der Waals surface area (Å²) in [5, 5.41) is 11.5. The Bertz CT molecular complexity index is 742. The lowest BCUT2D eigenvalue weighted by molar-refractivity contribution is -0.130. The number of aromatic hydroxyl groups is 1. The van der Waals surface area contributed by atoms with Crippen LogP contribution in [0.25, 0.3) is 11.8 Å². The molecule has 0 amide bonds. The Hall–Kier alpha value is -2.53. The van der Waals surface area contributed by atoms with Gasteiger partial charge in [-0.15, -0.1) is 11.3 Å². The van der Waals surface area contributed by atoms with Gasteiger partial charge in [0.1, 0.15) is 5.76 Å². The van der Waals surface area contributed by atoms with Crippen LogP contribution in [-0.4, -0.2) is 18.2 Å². The van der Waals surface area contributed by atoms with Crippen LogP contribution in [0.5, 0.6) is 11.5 Å². The smallest absolute Gasteiger partial charge is 0.343 e. The van der Waals surface area contributed by atoms with Crippen LogP contribution in [0.2, 0.25) is 0 Å². The maximum atomic E-state index is 11.9. The molecule has 4 nitrogen and oxygen atoms in total. The molecule has 1 N–H and O–H groups in total. The first-order valence-electron chi connectivity index (χ1n) is 6.24. The molecule has 106 valence electrons. The Labute approximate surface area is 125 Å². The zero-order chi connectivity index (χ0) is 14.8. The van der Waals surface area contributed by atoms with Crippen molar-refractivity contribution in [1.82, 2.24) is 0 Å². The fourth-order valence-electron chi connectivity index (χ4n) is 1.99. The van der Waals surface area contributed by atoms with Crippen LogP contribution in [0.1, 0.15) is 10.4 Å². The number of phenolic OH excluding ortho intramolecular Hbond substituents is 1. The van der Waals surface area contributed by atoms with Crippen LogP contribution in [0.15, 0.2) is 47.4 Å². The number of hydrogen-bond acceptors (Lipinski definition) is 5. The lowest BCUT2D eigenvalue weighted by Crippen LogP contribution is -1.96. The van der Waals surface area contributed by atoms with E-state index in [2.05, 4.69) is 0 Å². The largest absolute Gasteiger partial charge is 0.504 e. The van der Waals surface area contributed by atoms with E-state index in [4.69, 9.17) is 9.47 Å². The van der Waals surface area contributed by atoms with Gasteiger partial charge in [0.05, 0.1) is 17.6 Å². The molecule has 0 unspecified atom stereocenters. The van der Waals surface area contributed by atoms with Gasteiger partial charge in [-0.05, 0) is 41.3 Å². The lowest BCUT2D eigenvalue weighted by Gasteiger charge is -2.03. The van der Waals surface area contributed by atoms with E-state index in [9.17, 15) is 9.90 Å². The molecule has 5 heteroatoms. The van der Waals surface area contributed by atoms with Crippen molar-refractivity contribution in [3.8, 4) is 11.5 Å². The molecule has 2 aromatic rings. The molecule has 0 saturated carbocycles. The number of rotatable bonds is 3. The monoisotopic (exact) mass is 300 g/mol. The minimum atomic E-state index is -0.384. The number of esters is 1. The fourth-order valence-corrected chi connectivity index (χ4v) is 2.67. The van der Waals surface area contributed by atoms with Crippen molar-refractivity contribution in [2.24, 2.45) is 0 Å². The number of benzene rings is 1. The summed E-state index contributed by atoms with van der Waals surface area (Å²) in [4.78, 5) is 12.8. The average Bonchev–Trinajstić information content (AvgIpc) is 3.11. The maximum Gasteiger partial charge on any atom is 0.343 e. The van der Waals surface area contributed by atoms with Crippen molar-refractivity contribution in [2.75, 3.05) is 7.11 Å². The molecular formula is C16H12O4S. The Morgan fingerprint density at radius 1 is 1.33 bits per heavy atom. The molecule has 0 radical (unpaired) electrons. The molecule has 0 spiro atoms. The quantitative estimate of drug-likeness (QED) is 0.697. The van der Waals surface area contributed by atoms with Crippen LogP contribution in [0.4, 0.5) is 0 Å². The highest BCUT2D eigenvalue weighted by Gasteiger charge is 2.22. The SMILES string of the molecule is COc1cc(/C=C2\C=C(c3cccs3)OC2=O)ccc1O. The van der Waals surface area contributed by atoms with Gasteiger partial charge in [-0.25, -0.2) is 4.79 Å². The molecule has 0 bridgehead atoms. The van der Waals surface area contributed by atoms with Crippen LogP contribution in [-0.2, 0) is 9.53 Å². The number of carbonyl (C=O) groups excluding carboxylic acids is 1. The summed E-state index contributed by atoms with van der Waals surface area (Å²) in [6.07, 6.45) is 3.42. The molecular weight excluding hydrogens is 288 g/mol. The van der Waals surface area contributed by atoms with E-state index in [1.165, 1.54) is 24.5 Å². The number of cyclic esters (lactones) is 1. The van der Waals surface area contributed by atoms with E-state index in [1.54, 1.807) is 24.3 Å². The van der Waals surface area contributed by atoms with Gasteiger partial charge in [0.15, 0.2) is 11.5 Å². The van der Waals surface area contributed by atoms with Gasteiger partial charge in [-0.2, -0.15) is 0 Å². The lowest BCUT2D eigenvalue weighted by atomic mass is 10.1. The summed E-state index contributed by atoms with van der Waals surface area (Å²) in [5.41, 5.74) is 1.21. The van der Waals surface area contributed by atoms with Gasteiger partial charge in [0, 0.05) is 0 Å². The summed E-state index contributed by atoms with van der Waals surface area (Å²) >= 11 is 1.51. The van der Waals surface area contributed by atoms with E-state index in [1.807, 2.05) is 17.5 Å². The number of thiophene rings is 1. The predicted octanol–water partition coefficient (Wildman–Crippen LogP) is 3.44. The summed E-state index contributed by atoms with van der Waals surface area (Å²) in [7, 11) is 1.48. The van der Waals surface area contributed by atoms with E-state index < -0.39 is 0 Å². The number of methoxy groups -OCH3 is 1. The molecule has 1 aliphatic rings. The highest BCUT2D eigenvalue weighted by Crippen LogP contribution is 2.31. The molecule has 0 fully saturated rings. The molecule has 0 aliphatic carbocycles. The summed E-state index contributed by atoms with van der Waals surface area (Å²) in [6.45, 7) is 0. The van der Waals surface area contributed by atoms with Crippen molar-refractivity contribution >= 4 is 29.1 Å². The van der Waals surface area contributed by atoms with Crippen LogP contribution in [0.3, 0.4) is 0 Å². The second-order valence-corrected chi connectivity index (χ2v) is 5.35. The van der Waals surface area contributed by atoms with Gasteiger partial charge < -0.3 is 14.6 Å². The molecule has 0 saturated heterocycles. The summed E-state index contributed by atoms with van der Waals surface area (Å²) in [6, 6.07) is 8.69. The molecule has 2 heterocycles. The van der Waals surface area contributed by atoms with Gasteiger partial charge in [-0.3, -0.25) is 0 Å². The minimum Gasteiger partial charge on any atom is -0.504 e. The Kier molecular flexibility index (Phi) is 3.50. The van der Waals surface area contributed by atoms with Gasteiger partial charge in [0.25, 0.3) is 0 Å². The van der Waals surface area contributed by atoms with Crippen molar-refractivity contribution in [1.29, 1.82) is 0 Å². The zero-order valence-electron chi connectivity index (χ0n) is 11.2. The van der Waals surface area contributed by atoms with Gasteiger partial charge in [0.2, 0.25) is 0 Å². The molecule has 3 rings (SSSR count). The normalized spacial score (nSPS) is 16.0. The van der Waals surface area contributed by atoms with Crippen molar-refractivity contribution in [2.45, 2.75) is 0 Å². The highest BCUT2D eigenvalue weighted by molar-refractivity contribution is 7.11. The van der Waals surface area contributed by atoms with Crippen LogP contribution >= 0.6 is 11.3 Å². The zero-order valence-corrected chi connectivity index (χ0v) is 12.0. The molecule has 21 heavy (non-hydrogen) atoms. The maximum absolute atomic E-state index is 11.9. The topological polar surface area (TPSA) is 55.8 Å². The summed E-state index contributed by atoms with van der Waals surface area (Å²) < 4.78 is 10.3. The first kappa shape index (κ1) is 13.5. The predicted molar refractivity (Wildman–Crippen MR) is 81.0 cm³/mol. The highest BCUT2D eigenvalue weighted by atomic mass is 32.1. The second-order valence-electron chi connectivity index (χ2n) is 4.41. The van der Waals surface area contributed by atoms with Crippen molar-refractivity contribution in [3.63, 3.8) is 0 Å². The van der Waals surface area contributed by atoms with E-state index >= 15 is 0 Å². The Balaban J connectivity index is 1.94. The van der Waals surface area contributed by atoms with E-state index in [0.717, 1.165) is 10.4 Å². The van der Waals surface area contributed by atoms with Crippen LogP contribution < -0.4 is 4.74 Å². The first-order valence-corrected chi connectivity index (χ1v) is 7.12. The fraction of sp³-hybridized carbons (Fsp3) is 0.0625. The average molecular weight is 300 g/mol. The molecule has 1 aliphatic heterocycles. The number of hydrogen-bond donors (Lipinski definition) is 1. The minimum absolute atomic E-state index is 0.0588. The second kappa shape index (κ2) is 5.46. The van der Waals surface area contributed by atoms with Gasteiger partial charge in [-0.1, -0.05) is 12.1 Å². The Morgan fingerprint density at radius 3 is 2.90 bits per heavy atom. The number of ether oxygens (including phenoxy) is 2. The van der Waals surface area contributed by atoms with Crippen LogP contribution in [0, 0.1) is 0 Å².